The Labute approximate surface area is 151 Å². The van der Waals surface area contributed by atoms with E-state index in [0.29, 0.717) is 22.0 Å². The third kappa shape index (κ3) is 3.23. The molecule has 7 heteroatoms. The van der Waals surface area contributed by atoms with E-state index in [2.05, 4.69) is 9.98 Å². The van der Waals surface area contributed by atoms with Gasteiger partial charge in [0.15, 0.2) is 23.0 Å². The number of hydrogen-bond donors (Lipinski definition) is 1. The summed E-state index contributed by atoms with van der Waals surface area (Å²) in [7, 11) is 0. The molecule has 1 heterocycles. The summed E-state index contributed by atoms with van der Waals surface area (Å²) >= 11 is 7.71. The van der Waals surface area contributed by atoms with Gasteiger partial charge in [-0.15, -0.1) is 0 Å². The highest BCUT2D eigenvalue weighted by atomic mass is 127. The molecule has 2 aromatic carbocycles. The second-order valence-corrected chi connectivity index (χ2v) is 5.65. The van der Waals surface area contributed by atoms with Gasteiger partial charge in [0.2, 0.25) is 11.9 Å². The molecule has 1 atom stereocenters. The van der Waals surface area contributed by atoms with Crippen molar-refractivity contribution in [3.8, 4) is 0 Å². The van der Waals surface area contributed by atoms with E-state index in [1.807, 2.05) is 30.3 Å². The molecule has 0 bridgehead atoms. The number of halogens is 2. The molecule has 0 saturated carbocycles. The molecule has 1 aliphatic rings. The molecule has 1 N–H and O–H groups in total. The molecular formula is C16H10ClIN2O3. The average Bonchev–Trinajstić information content (AvgIpc) is 2.72. The molecule has 5 nitrogen and oxygen atoms in total. The van der Waals surface area contributed by atoms with E-state index in [9.17, 15) is 9.90 Å². The Kier molecular flexibility index (Phi) is 4.63. The highest BCUT2D eigenvalue weighted by molar-refractivity contribution is 14.1. The number of benzene rings is 2. The van der Waals surface area contributed by atoms with Crippen molar-refractivity contribution in [2.75, 3.05) is 0 Å². The molecule has 1 aliphatic heterocycles. The summed E-state index contributed by atoms with van der Waals surface area (Å²) in [5, 5.41) is 9.99. The van der Waals surface area contributed by atoms with Crippen LogP contribution in [0.1, 0.15) is 11.1 Å². The van der Waals surface area contributed by atoms with Crippen molar-refractivity contribution in [2.24, 2.45) is 9.98 Å². The zero-order valence-electron chi connectivity index (χ0n) is 11.6. The number of carboxylic acid groups (broad SMARTS) is 1. The first kappa shape index (κ1) is 15.9. The second-order valence-electron chi connectivity index (χ2n) is 4.77. The monoisotopic (exact) mass is 440 g/mol. The van der Waals surface area contributed by atoms with Gasteiger partial charge in [-0.1, -0.05) is 41.9 Å². The van der Waals surface area contributed by atoms with E-state index in [1.54, 1.807) is 41.2 Å². The molecule has 0 amide bonds. The fourth-order valence-corrected chi connectivity index (χ4v) is 2.79. The molecule has 0 fully saturated rings. The van der Waals surface area contributed by atoms with Crippen LogP contribution in [0.3, 0.4) is 0 Å². The molecule has 116 valence electrons. The first-order valence-electron chi connectivity index (χ1n) is 6.63. The van der Waals surface area contributed by atoms with Crippen molar-refractivity contribution in [3.05, 3.63) is 64.7 Å². The van der Waals surface area contributed by atoms with Crippen LogP contribution >= 0.6 is 34.6 Å². The number of aliphatic carboxylic acids is 1. The van der Waals surface area contributed by atoms with Crippen LogP contribution in [0, 0.1) is 0 Å². The van der Waals surface area contributed by atoms with Crippen LogP contribution in [0.2, 0.25) is 5.02 Å². The summed E-state index contributed by atoms with van der Waals surface area (Å²) in [6, 6.07) is 13.2. The Morgan fingerprint density at radius 2 is 1.96 bits per heavy atom. The smallest absolute Gasteiger partial charge is 0.338 e. The highest BCUT2D eigenvalue weighted by Gasteiger charge is 2.30. The molecule has 2 aromatic rings. The van der Waals surface area contributed by atoms with Crippen molar-refractivity contribution in [1.82, 2.24) is 0 Å². The van der Waals surface area contributed by atoms with Gasteiger partial charge < -0.3 is 8.17 Å². The van der Waals surface area contributed by atoms with Crippen molar-refractivity contribution >= 4 is 57.9 Å². The van der Waals surface area contributed by atoms with Crippen LogP contribution in [0.5, 0.6) is 0 Å². The molecule has 1 unspecified atom stereocenters. The number of carboxylic acids is 1. The number of rotatable bonds is 2. The summed E-state index contributed by atoms with van der Waals surface area (Å²) < 4.78 is 5.12. The largest absolute Gasteiger partial charge is 0.479 e. The molecule has 0 aliphatic carbocycles. The SMILES string of the molecule is O=C(O)C1N=C(c2ccccc2)c2cc(Cl)ccc2N=C1OI. The van der Waals surface area contributed by atoms with Crippen LogP contribution in [0.25, 0.3) is 0 Å². The van der Waals surface area contributed by atoms with Gasteiger partial charge in [0, 0.05) is 16.1 Å². The van der Waals surface area contributed by atoms with E-state index in [4.69, 9.17) is 14.7 Å². The lowest BCUT2D eigenvalue weighted by Crippen LogP contribution is -2.29. The molecular weight excluding hydrogens is 431 g/mol. The fraction of sp³-hybridized carbons (Fsp3) is 0.0625. The number of hydrogen-bond acceptors (Lipinski definition) is 4. The van der Waals surface area contributed by atoms with Gasteiger partial charge >= 0.3 is 5.97 Å². The Morgan fingerprint density at radius 1 is 1.22 bits per heavy atom. The summed E-state index contributed by atoms with van der Waals surface area (Å²) in [5.41, 5.74) is 2.53. The summed E-state index contributed by atoms with van der Waals surface area (Å²) in [6.07, 6.45) is 0. The molecule has 0 aromatic heterocycles. The first-order valence-corrected chi connectivity index (χ1v) is 7.89. The quantitative estimate of drug-likeness (QED) is 0.717. The van der Waals surface area contributed by atoms with Gasteiger partial charge in [-0.05, 0) is 18.2 Å². The first-order chi connectivity index (χ1) is 11.1. The van der Waals surface area contributed by atoms with E-state index in [0.717, 1.165) is 5.56 Å². The highest BCUT2D eigenvalue weighted by Crippen LogP contribution is 2.30. The van der Waals surface area contributed by atoms with Crippen molar-refractivity contribution in [2.45, 2.75) is 6.04 Å². The topological polar surface area (TPSA) is 71.2 Å². The van der Waals surface area contributed by atoms with Gasteiger partial charge in [0.1, 0.15) is 0 Å². The van der Waals surface area contributed by atoms with Gasteiger partial charge in [0.25, 0.3) is 0 Å². The van der Waals surface area contributed by atoms with Crippen molar-refractivity contribution in [3.63, 3.8) is 0 Å². The maximum atomic E-state index is 11.6. The lowest BCUT2D eigenvalue weighted by Gasteiger charge is -2.10. The number of fused-ring (bicyclic) bond motifs is 1. The number of aliphatic imine (C=N–C) groups is 2. The Balaban J connectivity index is 2.29. The number of carbonyl (C=O) groups is 1. The zero-order chi connectivity index (χ0) is 16.4. The lowest BCUT2D eigenvalue weighted by atomic mass is 10.0. The van der Waals surface area contributed by atoms with Gasteiger partial charge in [0.05, 0.1) is 11.4 Å². The fourth-order valence-electron chi connectivity index (χ4n) is 2.28. The minimum absolute atomic E-state index is 0.0209. The second kappa shape index (κ2) is 6.67. The third-order valence-electron chi connectivity index (χ3n) is 3.30. The van der Waals surface area contributed by atoms with E-state index >= 15 is 0 Å². The summed E-state index contributed by atoms with van der Waals surface area (Å²) in [4.78, 5) is 20.3. The van der Waals surface area contributed by atoms with Gasteiger partial charge in [-0.25, -0.2) is 9.79 Å². The van der Waals surface area contributed by atoms with Gasteiger partial charge in [-0.3, -0.25) is 4.99 Å². The Bertz CT molecular complexity index is 821. The van der Waals surface area contributed by atoms with E-state index in [1.165, 1.54) is 0 Å². The summed E-state index contributed by atoms with van der Waals surface area (Å²) in [6.45, 7) is 0. The van der Waals surface area contributed by atoms with E-state index < -0.39 is 12.0 Å². The van der Waals surface area contributed by atoms with Crippen LogP contribution < -0.4 is 0 Å². The van der Waals surface area contributed by atoms with Crippen LogP contribution in [-0.2, 0) is 7.86 Å². The lowest BCUT2D eigenvalue weighted by molar-refractivity contribution is -0.136. The normalized spacial score (nSPS) is 16.7. The predicted molar refractivity (Wildman–Crippen MR) is 97.2 cm³/mol. The summed E-state index contributed by atoms with van der Waals surface area (Å²) in [5.74, 6) is -1.11. The van der Waals surface area contributed by atoms with Gasteiger partial charge in [-0.2, -0.15) is 0 Å². The zero-order valence-corrected chi connectivity index (χ0v) is 14.5. The van der Waals surface area contributed by atoms with Crippen LogP contribution in [0.4, 0.5) is 5.69 Å². The third-order valence-corrected chi connectivity index (χ3v) is 3.98. The molecule has 0 spiro atoms. The minimum atomic E-state index is -1.21. The number of nitrogens with zero attached hydrogens (tertiary/aromatic N) is 2. The molecule has 3 rings (SSSR count). The molecule has 23 heavy (non-hydrogen) atoms. The Hall–Kier alpha value is -1.93. The predicted octanol–water partition coefficient (Wildman–Crippen LogP) is 4.04. The van der Waals surface area contributed by atoms with Crippen molar-refractivity contribution in [1.29, 1.82) is 0 Å². The average molecular weight is 441 g/mol. The maximum Gasteiger partial charge on any atom is 0.338 e. The van der Waals surface area contributed by atoms with E-state index in [-0.39, 0.29) is 5.90 Å². The van der Waals surface area contributed by atoms with Crippen LogP contribution in [0.15, 0.2) is 58.5 Å². The minimum Gasteiger partial charge on any atom is -0.479 e. The molecule has 0 radical (unpaired) electrons. The molecule has 0 saturated heterocycles. The Morgan fingerprint density at radius 3 is 2.61 bits per heavy atom. The van der Waals surface area contributed by atoms with Crippen LogP contribution in [-0.4, -0.2) is 28.7 Å². The maximum absolute atomic E-state index is 11.6. The standard InChI is InChI=1S/C16H10ClIN2O3/c17-10-6-7-12-11(8-10)13(9-4-2-1-3-5-9)20-14(16(21)22)15(19-12)23-18/h1-8,14H,(H,21,22). The van der Waals surface area contributed by atoms with Crippen molar-refractivity contribution < 1.29 is 13.0 Å².